The molecule has 8 N–H and O–H groups in total. The van der Waals surface area contributed by atoms with Gasteiger partial charge in [-0.2, -0.15) is 4.98 Å². The van der Waals surface area contributed by atoms with Crippen LogP contribution in [0.3, 0.4) is 0 Å². The van der Waals surface area contributed by atoms with E-state index in [-0.39, 0.29) is 87.7 Å². The van der Waals surface area contributed by atoms with Gasteiger partial charge in [0.2, 0.25) is 5.95 Å². The van der Waals surface area contributed by atoms with Gasteiger partial charge < -0.3 is 39.7 Å². The number of carboxylic acids is 2. The summed E-state index contributed by atoms with van der Waals surface area (Å²) >= 11 is 0. The SMILES string of the molecule is CN1c2c(nc(N)[nH]c2=O)NCC1CNc1ccc(C(=O)NC(CCC(=O)O)C(=O)O)cc1.[Ba+2].[H-].[H-]. The van der Waals surface area contributed by atoms with Crippen molar-refractivity contribution in [3.63, 3.8) is 0 Å². The number of fused-ring (bicyclic) bond motifs is 1. The topological polar surface area (TPSA) is 203 Å². The number of aliphatic carboxylic acids is 2. The number of nitrogens with zero attached hydrogens (tertiary/aromatic N) is 2. The quantitative estimate of drug-likeness (QED) is 0.185. The van der Waals surface area contributed by atoms with Gasteiger partial charge >= 0.3 is 60.8 Å². The molecule has 0 saturated heterocycles. The summed E-state index contributed by atoms with van der Waals surface area (Å²) in [6.07, 6.45) is -0.586. The van der Waals surface area contributed by atoms with E-state index in [0.29, 0.717) is 24.6 Å². The summed E-state index contributed by atoms with van der Waals surface area (Å²) in [6, 6.07) is 5.03. The van der Waals surface area contributed by atoms with Crippen LogP contribution >= 0.6 is 0 Å². The third-order valence-corrected chi connectivity index (χ3v) is 5.26. The molecule has 0 aliphatic carbocycles. The Morgan fingerprint density at radius 3 is 2.59 bits per heavy atom. The second kappa shape index (κ2) is 12.1. The average molecular weight is 599 g/mol. The molecule has 2 atom stereocenters. The van der Waals surface area contributed by atoms with Gasteiger partial charge in [0, 0.05) is 37.8 Å². The summed E-state index contributed by atoms with van der Waals surface area (Å²) in [5.74, 6) is -2.59. The molecular formula is C20H27BaN7O6. The number of carbonyl (C=O) groups excluding carboxylic acids is 1. The molecule has 0 bridgehead atoms. The predicted molar refractivity (Wildman–Crippen MR) is 129 cm³/mol. The van der Waals surface area contributed by atoms with Gasteiger partial charge in [-0.3, -0.25) is 19.4 Å². The number of aromatic nitrogens is 2. The number of rotatable bonds is 9. The number of nitrogen functional groups attached to an aromatic ring is 1. The van der Waals surface area contributed by atoms with Gasteiger partial charge in [0.05, 0.1) is 6.04 Å². The van der Waals surface area contributed by atoms with Gasteiger partial charge in [0.25, 0.3) is 11.5 Å². The summed E-state index contributed by atoms with van der Waals surface area (Å²) in [5.41, 5.74) is 6.59. The number of nitrogens with one attached hydrogen (secondary N) is 4. The predicted octanol–water partition coefficient (Wildman–Crippen LogP) is -0.413. The maximum atomic E-state index is 12.3. The molecule has 0 spiro atoms. The standard InChI is InChI=1S/C20H25N7O6.Ba.2H/c1-27-12(9-23-16-15(27)18(31)26-20(21)25-16)8-22-11-4-2-10(3-5-11)17(30)24-13(19(32)33)6-7-14(28)29;;;/h2-5,12-13,22H,6-9H2,1H3,(H,24,30)(H,28,29)(H,32,33)(H4,21,23,25,26,31);;;/q;+2;2*-1. The Morgan fingerprint density at radius 2 is 1.97 bits per heavy atom. The number of amides is 1. The number of hydrogen-bond donors (Lipinski definition) is 7. The van der Waals surface area contributed by atoms with E-state index >= 15 is 0 Å². The van der Waals surface area contributed by atoms with Crippen LogP contribution < -0.4 is 32.1 Å². The van der Waals surface area contributed by atoms with Crippen LogP contribution in [0.15, 0.2) is 29.1 Å². The Labute approximate surface area is 237 Å². The van der Waals surface area contributed by atoms with Crippen molar-refractivity contribution in [3.8, 4) is 0 Å². The molecule has 0 fully saturated rings. The first-order chi connectivity index (χ1) is 15.7. The summed E-state index contributed by atoms with van der Waals surface area (Å²) in [6.45, 7) is 1.01. The Bertz CT molecular complexity index is 1120. The van der Waals surface area contributed by atoms with E-state index in [1.165, 1.54) is 12.1 Å². The zero-order valence-electron chi connectivity index (χ0n) is 20.5. The van der Waals surface area contributed by atoms with Crippen LogP contribution in [-0.2, 0) is 9.59 Å². The van der Waals surface area contributed by atoms with Crippen LogP contribution in [0.2, 0.25) is 0 Å². The third-order valence-electron chi connectivity index (χ3n) is 5.26. The van der Waals surface area contributed by atoms with E-state index in [4.69, 9.17) is 10.8 Å². The minimum Gasteiger partial charge on any atom is -1.00 e. The minimum atomic E-state index is -1.30. The first kappa shape index (κ1) is 27.5. The number of benzene rings is 1. The first-order valence-electron chi connectivity index (χ1n) is 10.1. The maximum Gasteiger partial charge on any atom is 2.00 e. The van der Waals surface area contributed by atoms with E-state index in [9.17, 15) is 24.3 Å². The Kier molecular flexibility index (Phi) is 9.81. The number of likely N-dealkylation sites (N-methyl/N-ethyl adjacent to an activating group) is 1. The van der Waals surface area contributed by atoms with Gasteiger partial charge in [-0.25, -0.2) is 4.79 Å². The molecule has 13 nitrogen and oxygen atoms in total. The number of carbonyl (C=O) groups is 3. The molecule has 2 aromatic rings. The van der Waals surface area contributed by atoms with Crippen molar-refractivity contribution in [2.24, 2.45) is 0 Å². The van der Waals surface area contributed by atoms with Crippen molar-refractivity contribution in [2.45, 2.75) is 24.9 Å². The Balaban J connectivity index is 0.00000408. The molecule has 1 aliphatic heterocycles. The monoisotopic (exact) mass is 599 g/mol. The maximum absolute atomic E-state index is 12.3. The van der Waals surface area contributed by atoms with E-state index in [1.807, 2.05) is 4.90 Å². The van der Waals surface area contributed by atoms with Crippen molar-refractivity contribution in [1.29, 1.82) is 0 Å². The second-order valence-corrected chi connectivity index (χ2v) is 7.55. The van der Waals surface area contributed by atoms with Gasteiger partial charge in [0.1, 0.15) is 11.7 Å². The Morgan fingerprint density at radius 1 is 1.29 bits per heavy atom. The second-order valence-electron chi connectivity index (χ2n) is 7.55. The molecule has 2 heterocycles. The van der Waals surface area contributed by atoms with Gasteiger partial charge in [-0.15, -0.1) is 0 Å². The van der Waals surface area contributed by atoms with E-state index in [2.05, 4.69) is 25.9 Å². The number of anilines is 4. The summed E-state index contributed by atoms with van der Waals surface area (Å²) in [7, 11) is 1.79. The molecule has 34 heavy (non-hydrogen) atoms. The number of hydrogen-bond acceptors (Lipinski definition) is 9. The fraction of sp³-hybridized carbons (Fsp3) is 0.350. The van der Waals surface area contributed by atoms with E-state index in [1.54, 1.807) is 19.2 Å². The molecule has 1 aromatic heterocycles. The molecular weight excluding hydrogens is 572 g/mol. The third kappa shape index (κ3) is 6.90. The van der Waals surface area contributed by atoms with Crippen LogP contribution in [-0.4, -0.2) is 119 Å². The van der Waals surface area contributed by atoms with Crippen molar-refractivity contribution < 1.29 is 27.4 Å². The van der Waals surface area contributed by atoms with Crippen LogP contribution in [0, 0.1) is 0 Å². The molecule has 1 aliphatic rings. The van der Waals surface area contributed by atoms with E-state index in [0.717, 1.165) is 5.69 Å². The number of H-pyrrole nitrogens is 1. The molecule has 2 unspecified atom stereocenters. The molecule has 0 saturated carbocycles. The van der Waals surface area contributed by atoms with Crippen LogP contribution in [0.25, 0.3) is 0 Å². The molecule has 0 radical (unpaired) electrons. The van der Waals surface area contributed by atoms with Crippen molar-refractivity contribution >= 4 is 89.9 Å². The average Bonchev–Trinajstić information content (AvgIpc) is 2.75. The smallest absolute Gasteiger partial charge is 1.00 e. The van der Waals surface area contributed by atoms with Crippen molar-refractivity contribution in [3.05, 3.63) is 40.2 Å². The van der Waals surface area contributed by atoms with Gasteiger partial charge in [-0.05, 0) is 30.7 Å². The molecule has 180 valence electrons. The number of aromatic amines is 1. The number of carboxylic acid groups (broad SMARTS) is 2. The minimum absolute atomic E-state index is 0. The summed E-state index contributed by atoms with van der Waals surface area (Å²) in [5, 5.41) is 26.6. The molecule has 1 amide bonds. The fourth-order valence-electron chi connectivity index (χ4n) is 3.42. The largest absolute Gasteiger partial charge is 2.00 e. The number of nitrogens with two attached hydrogens (primary N) is 1. The molecule has 3 rings (SSSR count). The normalized spacial score (nSPS) is 15.2. The van der Waals surface area contributed by atoms with Crippen LogP contribution in [0.4, 0.5) is 23.1 Å². The van der Waals surface area contributed by atoms with Crippen molar-refractivity contribution in [1.82, 2.24) is 15.3 Å². The van der Waals surface area contributed by atoms with Crippen LogP contribution in [0.1, 0.15) is 26.1 Å². The summed E-state index contributed by atoms with van der Waals surface area (Å²) in [4.78, 5) is 54.9. The fourth-order valence-corrected chi connectivity index (χ4v) is 3.42. The molecule has 14 heteroatoms. The summed E-state index contributed by atoms with van der Waals surface area (Å²) < 4.78 is 0. The zero-order valence-corrected chi connectivity index (χ0v) is 22.9. The molecule has 1 aromatic carbocycles. The van der Waals surface area contributed by atoms with Gasteiger partial charge in [0.15, 0.2) is 5.82 Å². The first-order valence-corrected chi connectivity index (χ1v) is 10.1. The van der Waals surface area contributed by atoms with Crippen LogP contribution in [0.5, 0.6) is 0 Å². The van der Waals surface area contributed by atoms with Gasteiger partial charge in [-0.1, -0.05) is 0 Å². The Hall–Kier alpha value is -2.72. The van der Waals surface area contributed by atoms with Crippen molar-refractivity contribution in [2.75, 3.05) is 41.4 Å². The van der Waals surface area contributed by atoms with E-state index < -0.39 is 23.9 Å². The zero-order chi connectivity index (χ0) is 24.1.